The zero-order valence-electron chi connectivity index (χ0n) is 8.86. The van der Waals surface area contributed by atoms with Crippen LogP contribution in [0.3, 0.4) is 0 Å². The summed E-state index contributed by atoms with van der Waals surface area (Å²) in [4.78, 5) is 10.6. The number of ether oxygens (including phenoxy) is 1. The second kappa shape index (κ2) is 10.5. The summed E-state index contributed by atoms with van der Waals surface area (Å²) in [6.45, 7) is 2.87. The van der Waals surface area contributed by atoms with Crippen LogP contribution in [0.1, 0.15) is 26.2 Å². The Morgan fingerprint density at radius 2 is 2.21 bits per heavy atom. The molecule has 1 unspecified atom stereocenters. The van der Waals surface area contributed by atoms with Crippen LogP contribution in [0.5, 0.6) is 0 Å². The minimum Gasteiger partial charge on any atom is -0.466 e. The van der Waals surface area contributed by atoms with E-state index in [-0.39, 0.29) is 18.4 Å². The minimum absolute atomic E-state index is 0. The van der Waals surface area contributed by atoms with E-state index in [1.54, 1.807) is 0 Å². The standard InChI is InChI=1S/C10H19NO2.ClH/c1-9(8-11)6-4-3-5-7-10(12)13-2;/h5,7,9H,3-4,6,8,11H2,1-2H3;1H/b7-5+;. The van der Waals surface area contributed by atoms with Gasteiger partial charge in [0.15, 0.2) is 0 Å². The summed E-state index contributed by atoms with van der Waals surface area (Å²) < 4.78 is 4.45. The van der Waals surface area contributed by atoms with Gasteiger partial charge in [-0.3, -0.25) is 0 Å². The second-order valence-electron chi connectivity index (χ2n) is 3.20. The number of rotatable bonds is 6. The van der Waals surface area contributed by atoms with Gasteiger partial charge in [-0.2, -0.15) is 0 Å². The Morgan fingerprint density at radius 1 is 1.57 bits per heavy atom. The number of carbonyl (C=O) groups excluding carboxylic acids is 1. The molecular formula is C10H20ClNO2. The molecule has 0 fully saturated rings. The average molecular weight is 222 g/mol. The van der Waals surface area contributed by atoms with Crippen molar-refractivity contribution in [2.75, 3.05) is 13.7 Å². The molecule has 0 saturated heterocycles. The number of esters is 1. The largest absolute Gasteiger partial charge is 0.466 e. The Hall–Kier alpha value is -0.540. The molecule has 0 aromatic rings. The number of hydrogen-bond donors (Lipinski definition) is 1. The number of allylic oxidation sites excluding steroid dienone is 1. The van der Waals surface area contributed by atoms with Crippen molar-refractivity contribution in [3.63, 3.8) is 0 Å². The van der Waals surface area contributed by atoms with Gasteiger partial charge >= 0.3 is 5.97 Å². The third kappa shape index (κ3) is 9.55. The van der Waals surface area contributed by atoms with E-state index in [1.807, 2.05) is 6.08 Å². The van der Waals surface area contributed by atoms with Crippen molar-refractivity contribution in [2.24, 2.45) is 11.7 Å². The number of unbranched alkanes of at least 4 members (excludes halogenated alkanes) is 1. The van der Waals surface area contributed by atoms with E-state index in [0.29, 0.717) is 5.92 Å². The van der Waals surface area contributed by atoms with Crippen molar-refractivity contribution < 1.29 is 9.53 Å². The van der Waals surface area contributed by atoms with E-state index in [0.717, 1.165) is 25.8 Å². The average Bonchev–Trinajstić information content (AvgIpc) is 2.16. The highest BCUT2D eigenvalue weighted by molar-refractivity contribution is 5.85. The van der Waals surface area contributed by atoms with E-state index in [9.17, 15) is 4.79 Å². The molecule has 0 radical (unpaired) electrons. The number of nitrogens with two attached hydrogens (primary N) is 1. The maximum Gasteiger partial charge on any atom is 0.330 e. The Labute approximate surface area is 92.1 Å². The van der Waals surface area contributed by atoms with Crippen LogP contribution in [0.15, 0.2) is 12.2 Å². The SMILES string of the molecule is COC(=O)/C=C/CCCC(C)CN.Cl. The molecule has 1 atom stereocenters. The van der Waals surface area contributed by atoms with Crippen molar-refractivity contribution in [1.29, 1.82) is 0 Å². The predicted octanol–water partition coefficient (Wildman–Crippen LogP) is 1.90. The van der Waals surface area contributed by atoms with Crippen LogP contribution in [0.2, 0.25) is 0 Å². The summed E-state index contributed by atoms with van der Waals surface area (Å²) in [7, 11) is 1.38. The third-order valence-corrected chi connectivity index (χ3v) is 1.93. The molecular weight excluding hydrogens is 202 g/mol. The molecule has 0 spiro atoms. The molecule has 0 saturated carbocycles. The van der Waals surface area contributed by atoms with E-state index in [1.165, 1.54) is 13.2 Å². The molecule has 0 aliphatic rings. The van der Waals surface area contributed by atoms with Crippen molar-refractivity contribution >= 4 is 18.4 Å². The molecule has 3 nitrogen and oxygen atoms in total. The lowest BCUT2D eigenvalue weighted by molar-refractivity contribution is -0.134. The molecule has 0 aromatic carbocycles. The first-order chi connectivity index (χ1) is 6.20. The molecule has 14 heavy (non-hydrogen) atoms. The monoisotopic (exact) mass is 221 g/mol. The van der Waals surface area contributed by atoms with Crippen molar-refractivity contribution in [2.45, 2.75) is 26.2 Å². The molecule has 2 N–H and O–H groups in total. The number of methoxy groups -OCH3 is 1. The molecule has 0 aliphatic heterocycles. The van der Waals surface area contributed by atoms with Gasteiger partial charge in [-0.1, -0.05) is 13.0 Å². The van der Waals surface area contributed by atoms with E-state index >= 15 is 0 Å². The van der Waals surface area contributed by atoms with Gasteiger partial charge in [0.25, 0.3) is 0 Å². The fourth-order valence-electron chi connectivity index (χ4n) is 0.950. The lowest BCUT2D eigenvalue weighted by Crippen LogP contribution is -2.10. The van der Waals surface area contributed by atoms with E-state index in [2.05, 4.69) is 11.7 Å². The summed E-state index contributed by atoms with van der Waals surface area (Å²) in [6, 6.07) is 0. The third-order valence-electron chi connectivity index (χ3n) is 1.93. The highest BCUT2D eigenvalue weighted by atomic mass is 35.5. The molecule has 84 valence electrons. The first kappa shape index (κ1) is 15.9. The molecule has 0 aromatic heterocycles. The van der Waals surface area contributed by atoms with Crippen molar-refractivity contribution in [1.82, 2.24) is 0 Å². The lowest BCUT2D eigenvalue weighted by atomic mass is 10.0. The maximum absolute atomic E-state index is 10.6. The lowest BCUT2D eigenvalue weighted by Gasteiger charge is -2.05. The number of carbonyl (C=O) groups is 1. The van der Waals surface area contributed by atoms with Gasteiger partial charge in [-0.25, -0.2) is 4.79 Å². The van der Waals surface area contributed by atoms with Gasteiger partial charge in [0.05, 0.1) is 7.11 Å². The number of halogens is 1. The van der Waals surface area contributed by atoms with E-state index < -0.39 is 0 Å². The molecule has 4 heteroatoms. The van der Waals surface area contributed by atoms with Gasteiger partial charge in [0.2, 0.25) is 0 Å². The van der Waals surface area contributed by atoms with Crippen LogP contribution < -0.4 is 5.73 Å². The Kier molecular flexibility index (Phi) is 12.0. The highest BCUT2D eigenvalue weighted by Gasteiger charge is 1.96. The number of hydrogen-bond acceptors (Lipinski definition) is 3. The topological polar surface area (TPSA) is 52.3 Å². The van der Waals surface area contributed by atoms with Crippen LogP contribution in [-0.4, -0.2) is 19.6 Å². The molecule has 0 heterocycles. The smallest absolute Gasteiger partial charge is 0.330 e. The minimum atomic E-state index is -0.285. The summed E-state index contributed by atoms with van der Waals surface area (Å²) in [5.41, 5.74) is 5.46. The quantitative estimate of drug-likeness (QED) is 0.424. The zero-order chi connectivity index (χ0) is 10.1. The molecule has 0 aliphatic carbocycles. The summed E-state index contributed by atoms with van der Waals surface area (Å²) in [6.07, 6.45) is 6.41. The summed E-state index contributed by atoms with van der Waals surface area (Å²) in [5.74, 6) is 0.290. The summed E-state index contributed by atoms with van der Waals surface area (Å²) in [5, 5.41) is 0. The van der Waals surface area contributed by atoms with Crippen LogP contribution in [0, 0.1) is 5.92 Å². The van der Waals surface area contributed by atoms with Gasteiger partial charge in [0, 0.05) is 6.08 Å². The van der Waals surface area contributed by atoms with Gasteiger partial charge in [0.1, 0.15) is 0 Å². The Balaban J connectivity index is 0. The van der Waals surface area contributed by atoms with Crippen LogP contribution in [0.25, 0.3) is 0 Å². The highest BCUT2D eigenvalue weighted by Crippen LogP contribution is 2.06. The van der Waals surface area contributed by atoms with Crippen LogP contribution >= 0.6 is 12.4 Å². The Morgan fingerprint density at radius 3 is 2.71 bits per heavy atom. The maximum atomic E-state index is 10.6. The van der Waals surface area contributed by atoms with Gasteiger partial charge < -0.3 is 10.5 Å². The van der Waals surface area contributed by atoms with Crippen molar-refractivity contribution in [3.05, 3.63) is 12.2 Å². The first-order valence-corrected chi connectivity index (χ1v) is 4.65. The normalized spacial score (nSPS) is 12.2. The first-order valence-electron chi connectivity index (χ1n) is 4.65. The Bertz CT molecular complexity index is 172. The van der Waals surface area contributed by atoms with Crippen molar-refractivity contribution in [3.8, 4) is 0 Å². The van der Waals surface area contributed by atoms with Gasteiger partial charge in [-0.15, -0.1) is 12.4 Å². The van der Waals surface area contributed by atoms with E-state index in [4.69, 9.17) is 5.73 Å². The fraction of sp³-hybridized carbons (Fsp3) is 0.700. The summed E-state index contributed by atoms with van der Waals surface area (Å²) >= 11 is 0. The molecule has 0 rings (SSSR count). The van der Waals surface area contributed by atoms with Gasteiger partial charge in [-0.05, 0) is 31.7 Å². The zero-order valence-corrected chi connectivity index (χ0v) is 9.68. The predicted molar refractivity (Wildman–Crippen MR) is 60.5 cm³/mol. The fourth-order valence-corrected chi connectivity index (χ4v) is 0.950. The van der Waals surface area contributed by atoms with Crippen LogP contribution in [0.4, 0.5) is 0 Å². The molecule has 0 bridgehead atoms. The molecule has 0 amide bonds. The van der Waals surface area contributed by atoms with Crippen LogP contribution in [-0.2, 0) is 9.53 Å². The second-order valence-corrected chi connectivity index (χ2v) is 3.20.